The van der Waals surface area contributed by atoms with Gasteiger partial charge in [0.2, 0.25) is 5.43 Å². The Bertz CT molecular complexity index is 849. The monoisotopic (exact) mass is 329 g/mol. The molecule has 1 saturated heterocycles. The summed E-state index contributed by atoms with van der Waals surface area (Å²) in [5.41, 5.74) is 2.35. The molecule has 2 aromatic rings. The molecule has 0 saturated carbocycles. The van der Waals surface area contributed by atoms with Crippen molar-refractivity contribution in [2.24, 2.45) is 0 Å². The quantitative estimate of drug-likeness (QED) is 0.930. The molecule has 24 heavy (non-hydrogen) atoms. The Kier molecular flexibility index (Phi) is 4.32. The highest BCUT2D eigenvalue weighted by Crippen LogP contribution is 2.26. The third-order valence-corrected chi connectivity index (χ3v) is 4.81. The van der Waals surface area contributed by atoms with Gasteiger partial charge >= 0.3 is 5.97 Å². The second-order valence-corrected chi connectivity index (χ2v) is 6.41. The number of hydrogen-bond acceptors (Lipinski definition) is 4. The first kappa shape index (κ1) is 16.5. The maximum Gasteiger partial charge on any atom is 0.341 e. The maximum absolute atomic E-state index is 12.5. The molecule has 0 spiro atoms. The van der Waals surface area contributed by atoms with Crippen LogP contribution in [0, 0.1) is 6.92 Å². The summed E-state index contributed by atoms with van der Waals surface area (Å²) in [7, 11) is 2.12. The fraction of sp³-hybridized carbons (Fsp3) is 0.444. The number of benzene rings is 1. The first-order valence-corrected chi connectivity index (χ1v) is 8.27. The number of nitrogens with zero attached hydrogens (tertiary/aromatic N) is 3. The molecule has 1 aliphatic rings. The van der Waals surface area contributed by atoms with E-state index in [9.17, 15) is 14.7 Å². The largest absolute Gasteiger partial charge is 0.477 e. The van der Waals surface area contributed by atoms with Gasteiger partial charge < -0.3 is 19.5 Å². The third kappa shape index (κ3) is 2.78. The Morgan fingerprint density at radius 3 is 2.46 bits per heavy atom. The zero-order valence-electron chi connectivity index (χ0n) is 14.4. The van der Waals surface area contributed by atoms with Crippen LogP contribution < -0.4 is 10.3 Å². The summed E-state index contributed by atoms with van der Waals surface area (Å²) in [5, 5.41) is 9.75. The van der Waals surface area contributed by atoms with E-state index in [0.29, 0.717) is 11.9 Å². The summed E-state index contributed by atoms with van der Waals surface area (Å²) in [4.78, 5) is 28.5. The standard InChI is InChI=1S/C18H23N3O3/c1-4-20-11-14(18(23)24)17(22)13-9-12(2)15(10-16(13)20)21-7-5-19(3)6-8-21/h9-11H,4-8H2,1-3H3,(H,23,24). The number of anilines is 1. The molecule has 1 aromatic carbocycles. The van der Waals surface area contributed by atoms with Gasteiger partial charge in [-0.15, -0.1) is 0 Å². The number of likely N-dealkylation sites (N-methyl/N-ethyl adjacent to an activating group) is 1. The number of aromatic nitrogens is 1. The van der Waals surface area contributed by atoms with Crippen molar-refractivity contribution in [1.29, 1.82) is 0 Å². The lowest BCUT2D eigenvalue weighted by atomic mass is 10.1. The van der Waals surface area contributed by atoms with Gasteiger partial charge in [0.05, 0.1) is 5.52 Å². The molecule has 0 bridgehead atoms. The van der Waals surface area contributed by atoms with Gasteiger partial charge in [0.25, 0.3) is 0 Å². The molecule has 0 radical (unpaired) electrons. The first-order chi connectivity index (χ1) is 11.4. The van der Waals surface area contributed by atoms with Gasteiger partial charge in [0.1, 0.15) is 5.56 Å². The average molecular weight is 329 g/mol. The number of pyridine rings is 1. The highest BCUT2D eigenvalue weighted by atomic mass is 16.4. The molecule has 1 aliphatic heterocycles. The zero-order valence-corrected chi connectivity index (χ0v) is 14.4. The van der Waals surface area contributed by atoms with Crippen LogP contribution in [0.25, 0.3) is 10.9 Å². The van der Waals surface area contributed by atoms with Crippen molar-refractivity contribution in [3.8, 4) is 0 Å². The molecule has 6 nitrogen and oxygen atoms in total. The number of aromatic carboxylic acids is 1. The lowest BCUT2D eigenvalue weighted by Gasteiger charge is -2.35. The zero-order chi connectivity index (χ0) is 17.4. The van der Waals surface area contributed by atoms with Crippen LogP contribution in [0.2, 0.25) is 0 Å². The minimum atomic E-state index is -1.18. The van der Waals surface area contributed by atoms with Crippen molar-refractivity contribution in [2.45, 2.75) is 20.4 Å². The molecular weight excluding hydrogens is 306 g/mol. The molecule has 0 aliphatic carbocycles. The van der Waals surface area contributed by atoms with Crippen molar-refractivity contribution in [3.63, 3.8) is 0 Å². The van der Waals surface area contributed by atoms with Gasteiger partial charge in [-0.25, -0.2) is 4.79 Å². The number of aryl methyl sites for hydroxylation is 2. The number of fused-ring (bicyclic) bond motifs is 1. The SMILES string of the molecule is CCn1cc(C(=O)O)c(=O)c2cc(C)c(N3CCN(C)CC3)cc21. The topological polar surface area (TPSA) is 65.8 Å². The van der Waals surface area contributed by atoms with Crippen LogP contribution in [0.1, 0.15) is 22.8 Å². The highest BCUT2D eigenvalue weighted by molar-refractivity contribution is 5.94. The molecule has 2 heterocycles. The molecule has 6 heteroatoms. The van der Waals surface area contributed by atoms with E-state index in [0.717, 1.165) is 42.9 Å². The smallest absolute Gasteiger partial charge is 0.341 e. The molecule has 1 aromatic heterocycles. The lowest BCUT2D eigenvalue weighted by Crippen LogP contribution is -2.44. The molecule has 128 valence electrons. The van der Waals surface area contributed by atoms with E-state index < -0.39 is 11.4 Å². The molecule has 3 rings (SSSR count). The second-order valence-electron chi connectivity index (χ2n) is 6.41. The van der Waals surface area contributed by atoms with Crippen LogP contribution >= 0.6 is 0 Å². The van der Waals surface area contributed by atoms with Crippen LogP contribution in [0.5, 0.6) is 0 Å². The Morgan fingerprint density at radius 2 is 1.88 bits per heavy atom. The van der Waals surface area contributed by atoms with E-state index in [2.05, 4.69) is 16.8 Å². The minimum absolute atomic E-state index is 0.170. The number of hydrogen-bond donors (Lipinski definition) is 1. The Balaban J connectivity index is 2.18. The van der Waals surface area contributed by atoms with Crippen LogP contribution in [-0.4, -0.2) is 53.8 Å². The van der Waals surface area contributed by atoms with E-state index >= 15 is 0 Å². The van der Waals surface area contributed by atoms with Crippen molar-refractivity contribution >= 4 is 22.6 Å². The third-order valence-electron chi connectivity index (χ3n) is 4.81. The number of carboxylic acids is 1. The van der Waals surface area contributed by atoms with Crippen molar-refractivity contribution in [2.75, 3.05) is 38.1 Å². The van der Waals surface area contributed by atoms with E-state index in [4.69, 9.17) is 0 Å². The molecule has 1 N–H and O–H groups in total. The molecule has 0 unspecified atom stereocenters. The van der Waals surface area contributed by atoms with Gasteiger partial charge in [-0.2, -0.15) is 0 Å². The number of piperazine rings is 1. The van der Waals surface area contributed by atoms with Crippen molar-refractivity contribution in [3.05, 3.63) is 39.7 Å². The van der Waals surface area contributed by atoms with Crippen LogP contribution in [0.3, 0.4) is 0 Å². The predicted octanol–water partition coefficient (Wildman–Crippen LogP) is 1.78. The summed E-state index contributed by atoms with van der Waals surface area (Å²) in [6.07, 6.45) is 1.45. The second kappa shape index (κ2) is 6.28. The number of carboxylic acid groups (broad SMARTS) is 1. The van der Waals surface area contributed by atoms with Gasteiger partial charge in [-0.1, -0.05) is 0 Å². The predicted molar refractivity (Wildman–Crippen MR) is 95.3 cm³/mol. The normalized spacial score (nSPS) is 15.9. The molecule has 1 fully saturated rings. The molecule has 0 atom stereocenters. The van der Waals surface area contributed by atoms with E-state index in [1.165, 1.54) is 6.20 Å². The maximum atomic E-state index is 12.5. The van der Waals surface area contributed by atoms with Crippen LogP contribution in [-0.2, 0) is 6.54 Å². The van der Waals surface area contributed by atoms with E-state index in [-0.39, 0.29) is 5.56 Å². The van der Waals surface area contributed by atoms with Gasteiger partial charge in [-0.3, -0.25) is 4.79 Å². The number of rotatable bonds is 3. The number of carbonyl (C=O) groups is 1. The van der Waals surface area contributed by atoms with E-state index in [1.54, 1.807) is 0 Å². The van der Waals surface area contributed by atoms with Crippen LogP contribution in [0.15, 0.2) is 23.1 Å². The summed E-state index contributed by atoms with van der Waals surface area (Å²) in [5.74, 6) is -1.18. The summed E-state index contributed by atoms with van der Waals surface area (Å²) in [6, 6.07) is 3.87. The van der Waals surface area contributed by atoms with Gasteiger partial charge in [-0.05, 0) is 38.6 Å². The summed E-state index contributed by atoms with van der Waals surface area (Å²) < 4.78 is 1.85. The Labute approximate surface area is 140 Å². The van der Waals surface area contributed by atoms with Crippen molar-refractivity contribution < 1.29 is 9.90 Å². The fourth-order valence-corrected chi connectivity index (χ4v) is 3.34. The van der Waals surface area contributed by atoms with Crippen LogP contribution in [0.4, 0.5) is 5.69 Å². The fourth-order valence-electron chi connectivity index (χ4n) is 3.34. The average Bonchev–Trinajstić information content (AvgIpc) is 2.56. The lowest BCUT2D eigenvalue weighted by molar-refractivity contribution is 0.0695. The Hall–Kier alpha value is -2.34. The van der Waals surface area contributed by atoms with Gasteiger partial charge in [0, 0.05) is 50.0 Å². The van der Waals surface area contributed by atoms with Gasteiger partial charge in [0.15, 0.2) is 0 Å². The van der Waals surface area contributed by atoms with Crippen molar-refractivity contribution in [1.82, 2.24) is 9.47 Å². The Morgan fingerprint density at radius 1 is 1.21 bits per heavy atom. The summed E-state index contributed by atoms with van der Waals surface area (Å²) >= 11 is 0. The van der Waals surface area contributed by atoms with E-state index in [1.807, 2.05) is 30.5 Å². The molecular formula is C18H23N3O3. The minimum Gasteiger partial charge on any atom is -0.477 e. The first-order valence-electron chi connectivity index (χ1n) is 8.27. The summed E-state index contributed by atoms with van der Waals surface area (Å²) in [6.45, 7) is 8.47. The molecule has 0 amide bonds. The highest BCUT2D eigenvalue weighted by Gasteiger charge is 2.19.